The molecule has 2 aliphatic rings. The minimum atomic E-state index is 0. The summed E-state index contributed by atoms with van der Waals surface area (Å²) in [7, 11) is 0. The molecule has 18 heavy (non-hydrogen) atoms. The van der Waals surface area contributed by atoms with E-state index in [0.29, 0.717) is 19.3 Å². The molecule has 1 aliphatic carbocycles. The molecule has 0 spiro atoms. The molecule has 4 nitrogen and oxygen atoms in total. The van der Waals surface area contributed by atoms with E-state index in [2.05, 4.69) is 10.6 Å². The maximum atomic E-state index is 11.8. The van der Waals surface area contributed by atoms with Crippen LogP contribution in [0.1, 0.15) is 38.5 Å². The van der Waals surface area contributed by atoms with Gasteiger partial charge >= 0.3 is 0 Å². The van der Waals surface area contributed by atoms with Gasteiger partial charge in [-0.2, -0.15) is 0 Å². The zero-order chi connectivity index (χ0) is 11.9. The van der Waals surface area contributed by atoms with Gasteiger partial charge in [-0.25, -0.2) is 0 Å². The Kier molecular flexibility index (Phi) is 7.63. The molecule has 2 N–H and O–H groups in total. The van der Waals surface area contributed by atoms with Gasteiger partial charge in [-0.1, -0.05) is 12.8 Å². The molecule has 0 aromatic heterocycles. The third kappa shape index (κ3) is 5.12. The second-order valence-corrected chi connectivity index (χ2v) is 5.11. The summed E-state index contributed by atoms with van der Waals surface area (Å²) < 4.78 is 5.71. The van der Waals surface area contributed by atoms with E-state index in [1.54, 1.807) is 0 Å². The predicted octanol–water partition coefficient (Wildman–Crippen LogP) is 1.48. The van der Waals surface area contributed by atoms with Crippen molar-refractivity contribution in [3.63, 3.8) is 0 Å². The molecule has 0 aromatic carbocycles. The van der Waals surface area contributed by atoms with Gasteiger partial charge in [-0.05, 0) is 32.2 Å². The van der Waals surface area contributed by atoms with Crippen LogP contribution in [0.5, 0.6) is 0 Å². The molecule has 1 saturated heterocycles. The van der Waals surface area contributed by atoms with E-state index in [0.717, 1.165) is 25.9 Å². The van der Waals surface area contributed by atoms with E-state index in [9.17, 15) is 4.79 Å². The molecular formula is C13H25ClN2O2. The Morgan fingerprint density at radius 2 is 2.00 bits per heavy atom. The van der Waals surface area contributed by atoms with Crippen LogP contribution in [-0.4, -0.2) is 38.3 Å². The van der Waals surface area contributed by atoms with Crippen LogP contribution in [0.25, 0.3) is 0 Å². The lowest BCUT2D eigenvalue weighted by molar-refractivity contribution is -0.125. The van der Waals surface area contributed by atoms with E-state index in [1.807, 2.05) is 0 Å². The Morgan fingerprint density at radius 1 is 1.22 bits per heavy atom. The number of rotatable bonds is 5. The molecule has 1 saturated carbocycles. The number of hydrogen-bond donors (Lipinski definition) is 2. The summed E-state index contributed by atoms with van der Waals surface area (Å²) in [5, 5.41) is 6.23. The molecule has 1 amide bonds. The molecule has 0 radical (unpaired) electrons. The van der Waals surface area contributed by atoms with Crippen LogP contribution in [0.4, 0.5) is 0 Å². The van der Waals surface area contributed by atoms with Crippen molar-refractivity contribution in [3.05, 3.63) is 0 Å². The normalized spacial score (nSPS) is 24.6. The lowest BCUT2D eigenvalue weighted by atomic mass is 9.99. The molecule has 106 valence electrons. The minimum Gasteiger partial charge on any atom is -0.376 e. The van der Waals surface area contributed by atoms with Crippen molar-refractivity contribution >= 4 is 18.3 Å². The summed E-state index contributed by atoms with van der Waals surface area (Å²) >= 11 is 0. The van der Waals surface area contributed by atoms with E-state index in [1.165, 1.54) is 25.7 Å². The molecule has 1 atom stereocenters. The molecule has 0 aromatic rings. The Hall–Kier alpha value is -0.320. The maximum Gasteiger partial charge on any atom is 0.224 e. The smallest absolute Gasteiger partial charge is 0.224 e. The number of carbonyl (C=O) groups excluding carboxylic acids is 1. The molecule has 1 unspecified atom stereocenters. The molecule has 5 heteroatoms. The van der Waals surface area contributed by atoms with Crippen molar-refractivity contribution in [1.82, 2.24) is 10.6 Å². The molecule has 1 aliphatic heterocycles. The van der Waals surface area contributed by atoms with Crippen molar-refractivity contribution in [2.24, 2.45) is 5.92 Å². The Labute approximate surface area is 116 Å². The number of hydrogen-bond acceptors (Lipinski definition) is 3. The zero-order valence-corrected chi connectivity index (χ0v) is 11.8. The molecule has 2 rings (SSSR count). The van der Waals surface area contributed by atoms with E-state index >= 15 is 0 Å². The van der Waals surface area contributed by atoms with Gasteiger partial charge in [0.05, 0.1) is 18.6 Å². The van der Waals surface area contributed by atoms with Crippen LogP contribution in [-0.2, 0) is 9.53 Å². The van der Waals surface area contributed by atoms with Gasteiger partial charge in [0.25, 0.3) is 0 Å². The van der Waals surface area contributed by atoms with E-state index in [-0.39, 0.29) is 24.2 Å². The highest BCUT2D eigenvalue weighted by molar-refractivity contribution is 5.85. The lowest BCUT2D eigenvalue weighted by Crippen LogP contribution is -2.41. The highest BCUT2D eigenvalue weighted by atomic mass is 35.5. The van der Waals surface area contributed by atoms with Crippen molar-refractivity contribution < 1.29 is 9.53 Å². The second kappa shape index (κ2) is 8.73. The average Bonchev–Trinajstić information content (AvgIpc) is 2.88. The lowest BCUT2D eigenvalue weighted by Gasteiger charge is -2.22. The maximum absolute atomic E-state index is 11.8. The van der Waals surface area contributed by atoms with Crippen molar-refractivity contribution in [1.29, 1.82) is 0 Å². The number of amides is 1. The van der Waals surface area contributed by atoms with Gasteiger partial charge in [-0.15, -0.1) is 12.4 Å². The minimum absolute atomic E-state index is 0. The fourth-order valence-electron chi connectivity index (χ4n) is 2.67. The highest BCUT2D eigenvalue weighted by Gasteiger charge is 2.20. The Bertz CT molecular complexity index is 239. The fourth-order valence-corrected chi connectivity index (χ4v) is 2.67. The number of halogens is 1. The van der Waals surface area contributed by atoms with Gasteiger partial charge < -0.3 is 15.4 Å². The number of ether oxygens (including phenoxy) is 1. The van der Waals surface area contributed by atoms with Gasteiger partial charge in [0.15, 0.2) is 0 Å². The molecule has 2 fully saturated rings. The monoisotopic (exact) mass is 276 g/mol. The van der Waals surface area contributed by atoms with Crippen LogP contribution in [0.2, 0.25) is 0 Å². The largest absolute Gasteiger partial charge is 0.376 e. The molecule has 0 bridgehead atoms. The predicted molar refractivity (Wildman–Crippen MR) is 74.1 cm³/mol. The summed E-state index contributed by atoms with van der Waals surface area (Å²) in [6.07, 6.45) is 7.55. The van der Waals surface area contributed by atoms with Crippen LogP contribution in [0, 0.1) is 5.92 Å². The summed E-state index contributed by atoms with van der Waals surface area (Å²) in [6, 6.07) is 0. The summed E-state index contributed by atoms with van der Waals surface area (Å²) in [5.74, 6) is 0.349. The first-order valence-electron chi connectivity index (χ1n) is 6.96. The molecular weight excluding hydrogens is 252 g/mol. The van der Waals surface area contributed by atoms with Crippen molar-refractivity contribution in [2.45, 2.75) is 44.6 Å². The number of piperidine rings is 1. The summed E-state index contributed by atoms with van der Waals surface area (Å²) in [4.78, 5) is 11.8. The van der Waals surface area contributed by atoms with E-state index in [4.69, 9.17) is 4.74 Å². The van der Waals surface area contributed by atoms with Gasteiger partial charge in [0.2, 0.25) is 5.91 Å². The number of nitrogens with one attached hydrogen (secondary N) is 2. The Morgan fingerprint density at radius 3 is 2.67 bits per heavy atom. The summed E-state index contributed by atoms with van der Waals surface area (Å²) in [5.41, 5.74) is 0. The first kappa shape index (κ1) is 15.7. The van der Waals surface area contributed by atoms with Gasteiger partial charge in [-0.3, -0.25) is 4.79 Å². The third-order valence-electron chi connectivity index (χ3n) is 3.72. The van der Waals surface area contributed by atoms with Crippen molar-refractivity contribution in [2.75, 3.05) is 26.2 Å². The Balaban J connectivity index is 0.00000162. The van der Waals surface area contributed by atoms with Crippen LogP contribution in [0.3, 0.4) is 0 Å². The number of carbonyl (C=O) groups is 1. The quantitative estimate of drug-likeness (QED) is 0.748. The summed E-state index contributed by atoms with van der Waals surface area (Å²) in [6.45, 7) is 3.20. The molecule has 1 heterocycles. The van der Waals surface area contributed by atoms with Gasteiger partial charge in [0.1, 0.15) is 0 Å². The van der Waals surface area contributed by atoms with Crippen molar-refractivity contribution in [3.8, 4) is 0 Å². The first-order valence-corrected chi connectivity index (χ1v) is 6.96. The second-order valence-electron chi connectivity index (χ2n) is 5.11. The third-order valence-corrected chi connectivity index (χ3v) is 3.72. The van der Waals surface area contributed by atoms with Crippen LogP contribution in [0.15, 0.2) is 0 Å². The zero-order valence-electron chi connectivity index (χ0n) is 11.0. The highest BCUT2D eigenvalue weighted by Crippen LogP contribution is 2.20. The van der Waals surface area contributed by atoms with Gasteiger partial charge in [0, 0.05) is 13.1 Å². The van der Waals surface area contributed by atoms with Crippen LogP contribution >= 0.6 is 12.4 Å². The standard InChI is InChI=1S/C13H24N2O2.ClH/c16-13(11-4-3-7-14-10-11)15-8-9-17-12-5-1-2-6-12;/h11-12,14H,1-10H2,(H,15,16);1H. The fraction of sp³-hybridized carbons (Fsp3) is 0.923. The topological polar surface area (TPSA) is 50.4 Å². The first-order chi connectivity index (χ1) is 8.36. The van der Waals surface area contributed by atoms with E-state index < -0.39 is 0 Å². The average molecular weight is 277 g/mol. The van der Waals surface area contributed by atoms with Crippen LogP contribution < -0.4 is 10.6 Å². The SMILES string of the molecule is Cl.O=C(NCCOC1CCCC1)C1CCCNC1.